The molecule has 1 aromatic rings. The van der Waals surface area contributed by atoms with E-state index in [1.807, 2.05) is 12.1 Å². The Morgan fingerprint density at radius 2 is 2.41 bits per heavy atom. The summed E-state index contributed by atoms with van der Waals surface area (Å²) in [5, 5.41) is 5.73. The SMILES string of the molecule is COc1cc(CNC(=O)NC2CCC2)ccn1. The van der Waals surface area contributed by atoms with Crippen molar-refractivity contribution in [2.75, 3.05) is 7.11 Å². The van der Waals surface area contributed by atoms with Crippen LogP contribution < -0.4 is 15.4 Å². The highest BCUT2D eigenvalue weighted by Gasteiger charge is 2.18. The van der Waals surface area contributed by atoms with Crippen LogP contribution in [0.25, 0.3) is 0 Å². The summed E-state index contributed by atoms with van der Waals surface area (Å²) in [5.41, 5.74) is 0.973. The summed E-state index contributed by atoms with van der Waals surface area (Å²) >= 11 is 0. The van der Waals surface area contributed by atoms with Crippen molar-refractivity contribution in [1.29, 1.82) is 0 Å². The minimum Gasteiger partial charge on any atom is -0.481 e. The van der Waals surface area contributed by atoms with E-state index < -0.39 is 0 Å². The van der Waals surface area contributed by atoms with E-state index in [2.05, 4.69) is 15.6 Å². The second kappa shape index (κ2) is 5.52. The van der Waals surface area contributed by atoms with Gasteiger partial charge in [-0.1, -0.05) is 0 Å². The fourth-order valence-electron chi connectivity index (χ4n) is 1.64. The second-order valence-electron chi connectivity index (χ2n) is 4.16. The van der Waals surface area contributed by atoms with Crippen molar-refractivity contribution in [3.8, 4) is 5.88 Å². The Morgan fingerprint density at radius 1 is 1.59 bits per heavy atom. The third-order valence-electron chi connectivity index (χ3n) is 2.90. The number of aromatic nitrogens is 1. The molecule has 1 saturated carbocycles. The number of rotatable bonds is 4. The van der Waals surface area contributed by atoms with Crippen LogP contribution in [0.15, 0.2) is 18.3 Å². The van der Waals surface area contributed by atoms with E-state index in [9.17, 15) is 4.79 Å². The second-order valence-corrected chi connectivity index (χ2v) is 4.16. The van der Waals surface area contributed by atoms with Gasteiger partial charge in [0.1, 0.15) is 0 Å². The van der Waals surface area contributed by atoms with Gasteiger partial charge in [-0.3, -0.25) is 0 Å². The molecule has 1 aromatic heterocycles. The zero-order valence-electron chi connectivity index (χ0n) is 9.90. The Labute approximate surface area is 101 Å². The Morgan fingerprint density at radius 3 is 3.06 bits per heavy atom. The number of hydrogen-bond donors (Lipinski definition) is 2. The average molecular weight is 235 g/mol. The van der Waals surface area contributed by atoms with Gasteiger partial charge in [-0.15, -0.1) is 0 Å². The summed E-state index contributed by atoms with van der Waals surface area (Å²) in [4.78, 5) is 15.5. The van der Waals surface area contributed by atoms with Gasteiger partial charge in [-0.25, -0.2) is 9.78 Å². The van der Waals surface area contributed by atoms with Gasteiger partial charge in [-0.2, -0.15) is 0 Å². The maximum Gasteiger partial charge on any atom is 0.315 e. The van der Waals surface area contributed by atoms with E-state index >= 15 is 0 Å². The van der Waals surface area contributed by atoms with Gasteiger partial charge in [0.15, 0.2) is 0 Å². The number of pyridine rings is 1. The minimum absolute atomic E-state index is 0.106. The van der Waals surface area contributed by atoms with E-state index in [-0.39, 0.29) is 6.03 Å². The Bertz CT molecular complexity index is 391. The maximum absolute atomic E-state index is 11.5. The van der Waals surface area contributed by atoms with Crippen molar-refractivity contribution in [3.63, 3.8) is 0 Å². The first-order valence-electron chi connectivity index (χ1n) is 5.81. The summed E-state index contributed by atoms with van der Waals surface area (Å²) in [5.74, 6) is 0.559. The fourth-order valence-corrected chi connectivity index (χ4v) is 1.64. The summed E-state index contributed by atoms with van der Waals surface area (Å²) in [6.45, 7) is 0.484. The number of methoxy groups -OCH3 is 1. The summed E-state index contributed by atoms with van der Waals surface area (Å²) in [6, 6.07) is 3.92. The zero-order chi connectivity index (χ0) is 12.1. The lowest BCUT2D eigenvalue weighted by Crippen LogP contribution is -2.44. The highest BCUT2D eigenvalue weighted by molar-refractivity contribution is 5.74. The molecule has 17 heavy (non-hydrogen) atoms. The molecule has 1 heterocycles. The van der Waals surface area contributed by atoms with Crippen LogP contribution in [-0.2, 0) is 6.54 Å². The molecule has 5 heteroatoms. The Hall–Kier alpha value is -1.78. The average Bonchev–Trinajstić information content (AvgIpc) is 2.31. The van der Waals surface area contributed by atoms with Crippen molar-refractivity contribution in [2.24, 2.45) is 0 Å². The van der Waals surface area contributed by atoms with Crippen molar-refractivity contribution < 1.29 is 9.53 Å². The summed E-state index contributed by atoms with van der Waals surface area (Å²) in [6.07, 6.45) is 5.07. The van der Waals surface area contributed by atoms with E-state index in [0.717, 1.165) is 18.4 Å². The van der Waals surface area contributed by atoms with Crippen LogP contribution in [-0.4, -0.2) is 24.2 Å². The fraction of sp³-hybridized carbons (Fsp3) is 0.500. The Kier molecular flexibility index (Phi) is 3.80. The molecule has 0 aromatic carbocycles. The summed E-state index contributed by atoms with van der Waals surface area (Å²) < 4.78 is 5.01. The third-order valence-corrected chi connectivity index (χ3v) is 2.90. The highest BCUT2D eigenvalue weighted by Crippen LogP contribution is 2.17. The molecular weight excluding hydrogens is 218 g/mol. The number of nitrogens with one attached hydrogen (secondary N) is 2. The molecule has 92 valence electrons. The molecule has 1 fully saturated rings. The smallest absolute Gasteiger partial charge is 0.315 e. The number of carbonyl (C=O) groups is 1. The zero-order valence-corrected chi connectivity index (χ0v) is 9.90. The quantitative estimate of drug-likeness (QED) is 0.830. The van der Waals surface area contributed by atoms with Gasteiger partial charge < -0.3 is 15.4 Å². The minimum atomic E-state index is -0.106. The third kappa shape index (κ3) is 3.34. The number of amides is 2. The normalized spacial score (nSPS) is 14.9. The lowest BCUT2D eigenvalue weighted by molar-refractivity contribution is 0.228. The number of ether oxygens (including phenoxy) is 1. The van der Waals surface area contributed by atoms with Gasteiger partial charge in [0, 0.05) is 24.8 Å². The van der Waals surface area contributed by atoms with Crippen molar-refractivity contribution in [2.45, 2.75) is 31.8 Å². The molecule has 0 radical (unpaired) electrons. The molecule has 1 aliphatic carbocycles. The van der Waals surface area contributed by atoms with E-state index in [0.29, 0.717) is 18.5 Å². The van der Waals surface area contributed by atoms with E-state index in [1.54, 1.807) is 13.3 Å². The molecule has 1 aliphatic rings. The number of carbonyl (C=O) groups excluding carboxylic acids is 1. The van der Waals surface area contributed by atoms with Crippen LogP contribution in [0.2, 0.25) is 0 Å². The van der Waals surface area contributed by atoms with Crippen LogP contribution in [0.3, 0.4) is 0 Å². The van der Waals surface area contributed by atoms with Crippen molar-refractivity contribution in [1.82, 2.24) is 15.6 Å². The molecular formula is C12H17N3O2. The van der Waals surface area contributed by atoms with Gasteiger partial charge in [0.2, 0.25) is 5.88 Å². The van der Waals surface area contributed by atoms with Crippen LogP contribution in [0.1, 0.15) is 24.8 Å². The lowest BCUT2D eigenvalue weighted by Gasteiger charge is -2.26. The van der Waals surface area contributed by atoms with Crippen molar-refractivity contribution >= 4 is 6.03 Å². The van der Waals surface area contributed by atoms with Crippen LogP contribution >= 0.6 is 0 Å². The first-order chi connectivity index (χ1) is 8.28. The number of hydrogen-bond acceptors (Lipinski definition) is 3. The van der Waals surface area contributed by atoms with Gasteiger partial charge in [-0.05, 0) is 30.9 Å². The van der Waals surface area contributed by atoms with Crippen molar-refractivity contribution in [3.05, 3.63) is 23.9 Å². The van der Waals surface area contributed by atoms with Gasteiger partial charge in [0.05, 0.1) is 7.11 Å². The topological polar surface area (TPSA) is 63.2 Å². The van der Waals surface area contributed by atoms with Crippen LogP contribution in [0, 0.1) is 0 Å². The van der Waals surface area contributed by atoms with Gasteiger partial charge >= 0.3 is 6.03 Å². The highest BCUT2D eigenvalue weighted by atomic mass is 16.5. The first-order valence-corrected chi connectivity index (χ1v) is 5.81. The number of urea groups is 1. The number of nitrogens with zero attached hydrogens (tertiary/aromatic N) is 1. The van der Waals surface area contributed by atoms with E-state index in [1.165, 1.54) is 6.42 Å². The summed E-state index contributed by atoms with van der Waals surface area (Å²) in [7, 11) is 1.57. The standard InChI is InChI=1S/C12H17N3O2/c1-17-11-7-9(5-6-13-11)8-14-12(16)15-10-3-2-4-10/h5-7,10H,2-4,8H2,1H3,(H2,14,15,16). The molecule has 2 N–H and O–H groups in total. The first kappa shape index (κ1) is 11.7. The predicted octanol–water partition coefficient (Wildman–Crippen LogP) is 1.44. The molecule has 0 saturated heterocycles. The molecule has 0 aliphatic heterocycles. The molecule has 0 spiro atoms. The maximum atomic E-state index is 11.5. The monoisotopic (exact) mass is 235 g/mol. The van der Waals surface area contributed by atoms with Crippen LogP contribution in [0.4, 0.5) is 4.79 Å². The predicted molar refractivity (Wildman–Crippen MR) is 63.8 cm³/mol. The molecule has 0 unspecified atom stereocenters. The lowest BCUT2D eigenvalue weighted by atomic mass is 9.93. The van der Waals surface area contributed by atoms with Crippen LogP contribution in [0.5, 0.6) is 5.88 Å². The van der Waals surface area contributed by atoms with Gasteiger partial charge in [0.25, 0.3) is 0 Å². The molecule has 2 amide bonds. The van der Waals surface area contributed by atoms with E-state index in [4.69, 9.17) is 4.74 Å². The molecule has 2 rings (SSSR count). The Balaban J connectivity index is 1.77. The largest absolute Gasteiger partial charge is 0.481 e. The molecule has 0 bridgehead atoms. The molecule has 5 nitrogen and oxygen atoms in total. The molecule has 0 atom stereocenters.